The van der Waals surface area contributed by atoms with E-state index in [1.165, 1.54) is 39.1 Å². The van der Waals surface area contributed by atoms with E-state index in [9.17, 15) is 0 Å². The summed E-state index contributed by atoms with van der Waals surface area (Å²) in [4.78, 5) is 15.1. The Morgan fingerprint density at radius 3 is 1.97 bits per heavy atom. The van der Waals surface area contributed by atoms with E-state index in [1.54, 1.807) is 0 Å². The average Bonchev–Trinajstić information content (AvgIpc) is 3.56. The maximum absolute atomic E-state index is 5.40. The third-order valence-corrected chi connectivity index (χ3v) is 12.8. The van der Waals surface area contributed by atoms with Crippen LogP contribution in [0.1, 0.15) is 25.0 Å². The highest BCUT2D eigenvalue weighted by Gasteiger charge is 2.38. The lowest BCUT2D eigenvalue weighted by Crippen LogP contribution is -2.17. The van der Waals surface area contributed by atoms with Crippen molar-refractivity contribution in [2.45, 2.75) is 19.3 Å². The lowest BCUT2D eigenvalue weighted by molar-refractivity contribution is 0.660. The van der Waals surface area contributed by atoms with Crippen LogP contribution in [0.3, 0.4) is 0 Å². The third-order valence-electron chi connectivity index (χ3n) is 12.8. The van der Waals surface area contributed by atoms with Crippen LogP contribution in [0, 0.1) is 0 Å². The average molecular weight is 781 g/mol. The van der Waals surface area contributed by atoms with Crippen molar-refractivity contribution in [1.29, 1.82) is 0 Å². The minimum atomic E-state index is -0.120. The first-order valence-corrected chi connectivity index (χ1v) is 21.0. The molecule has 288 valence electrons. The van der Waals surface area contributed by atoms with E-state index < -0.39 is 0 Å². The second-order valence-electron chi connectivity index (χ2n) is 16.6. The number of rotatable bonds is 6. The fourth-order valence-corrected chi connectivity index (χ4v) is 9.96. The first-order valence-electron chi connectivity index (χ1n) is 21.0. The Morgan fingerprint density at radius 2 is 1.15 bits per heavy atom. The molecule has 1 aliphatic carbocycles. The molecule has 3 heterocycles. The van der Waals surface area contributed by atoms with Gasteiger partial charge in [0.25, 0.3) is 0 Å². The summed E-state index contributed by atoms with van der Waals surface area (Å²) in [6.45, 7) is 4.70. The van der Waals surface area contributed by atoms with Gasteiger partial charge in [0.15, 0.2) is 0 Å². The third kappa shape index (κ3) is 5.39. The zero-order valence-electron chi connectivity index (χ0n) is 33.9. The molecular formula is C57H40N4. The first kappa shape index (κ1) is 35.2. The zero-order valence-corrected chi connectivity index (χ0v) is 33.9. The van der Waals surface area contributed by atoms with Crippen LogP contribution in [-0.4, -0.2) is 9.97 Å². The van der Waals surface area contributed by atoms with E-state index in [0.717, 1.165) is 72.6 Å². The van der Waals surface area contributed by atoms with Crippen molar-refractivity contribution in [2.75, 3.05) is 9.80 Å². The fraction of sp³-hybridized carbons (Fsp3) is 0.0526. The summed E-state index contributed by atoms with van der Waals surface area (Å²) < 4.78 is 0. The topological polar surface area (TPSA) is 32.3 Å². The molecule has 10 aromatic rings. The molecule has 0 radical (unpaired) electrons. The highest BCUT2D eigenvalue weighted by molar-refractivity contribution is 6.19. The maximum atomic E-state index is 5.40. The lowest BCUT2D eigenvalue weighted by atomic mass is 9.82. The Labute approximate surface area is 355 Å². The monoisotopic (exact) mass is 780 g/mol. The molecule has 0 amide bonds. The van der Waals surface area contributed by atoms with Crippen LogP contribution >= 0.6 is 0 Å². The summed E-state index contributed by atoms with van der Waals surface area (Å²) in [5.74, 6) is 0.905. The van der Waals surface area contributed by atoms with Gasteiger partial charge in [-0.25, -0.2) is 4.98 Å². The fourth-order valence-electron chi connectivity index (χ4n) is 9.96. The second-order valence-corrected chi connectivity index (χ2v) is 16.6. The number of benzene rings is 8. The summed E-state index contributed by atoms with van der Waals surface area (Å²) in [7, 11) is 0. The van der Waals surface area contributed by atoms with E-state index in [2.05, 4.69) is 224 Å². The van der Waals surface area contributed by atoms with E-state index in [0.29, 0.717) is 0 Å². The van der Waals surface area contributed by atoms with Crippen LogP contribution < -0.4 is 9.80 Å². The van der Waals surface area contributed by atoms with Crippen molar-refractivity contribution >= 4 is 55.9 Å². The van der Waals surface area contributed by atoms with Crippen LogP contribution in [0.15, 0.2) is 206 Å². The Morgan fingerprint density at radius 1 is 0.492 bits per heavy atom. The largest absolute Gasteiger partial charge is 0.309 e. The number of hydrogen-bond acceptors (Lipinski definition) is 4. The van der Waals surface area contributed by atoms with Gasteiger partial charge in [-0.15, -0.1) is 0 Å². The minimum absolute atomic E-state index is 0.120. The highest BCUT2D eigenvalue weighted by Crippen LogP contribution is 2.55. The molecule has 0 N–H and O–H groups in total. The van der Waals surface area contributed by atoms with E-state index >= 15 is 0 Å². The van der Waals surface area contributed by atoms with Gasteiger partial charge < -0.3 is 4.90 Å². The predicted molar refractivity (Wildman–Crippen MR) is 254 cm³/mol. The summed E-state index contributed by atoms with van der Waals surface area (Å²) in [5.41, 5.74) is 18.4. The smallest absolute Gasteiger partial charge is 0.148 e. The molecule has 0 atom stereocenters. The lowest BCUT2D eigenvalue weighted by Gasteiger charge is -2.32. The molecule has 2 aliphatic rings. The van der Waals surface area contributed by atoms with Gasteiger partial charge in [-0.05, 0) is 99.4 Å². The molecule has 0 spiro atoms. The van der Waals surface area contributed by atoms with Gasteiger partial charge in [0.2, 0.25) is 0 Å². The van der Waals surface area contributed by atoms with Crippen molar-refractivity contribution in [3.8, 4) is 44.6 Å². The van der Waals surface area contributed by atoms with Gasteiger partial charge in [-0.1, -0.05) is 153 Å². The molecule has 12 rings (SSSR count). The van der Waals surface area contributed by atoms with Gasteiger partial charge in [-0.2, -0.15) is 0 Å². The highest BCUT2D eigenvalue weighted by atomic mass is 15.2. The number of fused-ring (bicyclic) bond motifs is 7. The van der Waals surface area contributed by atoms with Crippen LogP contribution in [0.25, 0.3) is 66.3 Å². The molecule has 0 saturated heterocycles. The normalized spacial score (nSPS) is 13.2. The van der Waals surface area contributed by atoms with Crippen LogP contribution in [0.4, 0.5) is 34.3 Å². The van der Waals surface area contributed by atoms with Gasteiger partial charge in [0.1, 0.15) is 5.82 Å². The number of anilines is 6. The molecule has 61 heavy (non-hydrogen) atoms. The van der Waals surface area contributed by atoms with E-state index in [1.807, 2.05) is 6.20 Å². The van der Waals surface area contributed by atoms with Crippen molar-refractivity contribution in [2.24, 2.45) is 0 Å². The quantitative estimate of drug-likeness (QED) is 0.157. The molecule has 0 saturated carbocycles. The Kier molecular flexibility index (Phi) is 7.85. The Hall–Kier alpha value is -7.82. The summed E-state index contributed by atoms with van der Waals surface area (Å²) in [6, 6.07) is 72.2. The number of aromatic nitrogens is 2. The van der Waals surface area contributed by atoms with Crippen molar-refractivity contribution in [1.82, 2.24) is 9.97 Å². The molecule has 0 unspecified atom stereocenters. The minimum Gasteiger partial charge on any atom is -0.309 e. The van der Waals surface area contributed by atoms with Gasteiger partial charge >= 0.3 is 0 Å². The first-order chi connectivity index (χ1) is 30.0. The standard InChI is InChI=1S/C57H40N4/c1-57(2)47-23-12-9-21-44(47)53-48(57)24-15-27-52(53)60(50-25-13-10-20-42(50)38-16-5-3-6-17-38)41-31-28-37(29-32-41)39-30-33-49-46(36-39)43-34-35-58-55-45-22-11-14-26-51(45)61(56(59-49)54(43)55)40-18-7-4-8-19-40/h3-36H,1-2H3. The molecule has 4 nitrogen and oxygen atoms in total. The predicted octanol–water partition coefficient (Wildman–Crippen LogP) is 15.3. The molecule has 2 aromatic heterocycles. The zero-order chi connectivity index (χ0) is 40.7. The molecule has 8 aromatic carbocycles. The van der Waals surface area contributed by atoms with E-state index in [4.69, 9.17) is 9.97 Å². The number of pyridine rings is 2. The van der Waals surface area contributed by atoms with Gasteiger partial charge in [0, 0.05) is 45.1 Å². The van der Waals surface area contributed by atoms with Crippen molar-refractivity contribution < 1.29 is 0 Å². The summed E-state index contributed by atoms with van der Waals surface area (Å²) >= 11 is 0. The van der Waals surface area contributed by atoms with Crippen LogP contribution in [-0.2, 0) is 5.41 Å². The van der Waals surface area contributed by atoms with Crippen molar-refractivity contribution in [3.63, 3.8) is 0 Å². The molecule has 0 bridgehead atoms. The van der Waals surface area contributed by atoms with Gasteiger partial charge in [-0.3, -0.25) is 9.88 Å². The van der Waals surface area contributed by atoms with Crippen LogP contribution in [0.2, 0.25) is 0 Å². The molecule has 1 aliphatic heterocycles. The van der Waals surface area contributed by atoms with Gasteiger partial charge in [0.05, 0.1) is 33.7 Å². The van der Waals surface area contributed by atoms with Crippen molar-refractivity contribution in [3.05, 3.63) is 218 Å². The number of para-hydroxylation sites is 3. The SMILES string of the molecule is CC1(C)c2ccccc2-c2c(N(c3ccc(-c4ccc5nc6c7c(nccc7c5c4)-c4ccccc4N6c4ccccc4)cc3)c3ccccc3-c3ccccc3)cccc21. The van der Waals surface area contributed by atoms with Crippen LogP contribution in [0.5, 0.6) is 0 Å². The number of nitrogens with zero attached hydrogens (tertiary/aromatic N) is 4. The Bertz CT molecular complexity index is 3340. The maximum Gasteiger partial charge on any atom is 0.148 e. The van der Waals surface area contributed by atoms with E-state index in [-0.39, 0.29) is 5.41 Å². The summed E-state index contributed by atoms with van der Waals surface area (Å²) in [6.07, 6.45) is 1.94. The molecule has 4 heteroatoms. The number of hydrogen-bond donors (Lipinski definition) is 0. The Balaban J connectivity index is 1.02. The molecular weight excluding hydrogens is 741 g/mol. The molecule has 0 fully saturated rings. The second kappa shape index (κ2) is 13.6. The summed E-state index contributed by atoms with van der Waals surface area (Å²) in [5, 5.41) is 3.32.